The van der Waals surface area contributed by atoms with Crippen molar-refractivity contribution >= 4 is 11.8 Å². The SMILES string of the molecule is O=C1C[C@@H]([NH2+]CCc2ccccc2)C(=O)N1CCc1ccccc1. The van der Waals surface area contributed by atoms with Crippen molar-refractivity contribution in [1.29, 1.82) is 0 Å². The maximum atomic E-state index is 12.5. The van der Waals surface area contributed by atoms with E-state index < -0.39 is 0 Å². The van der Waals surface area contributed by atoms with E-state index in [0.29, 0.717) is 13.0 Å². The van der Waals surface area contributed by atoms with Crippen LogP contribution < -0.4 is 5.32 Å². The van der Waals surface area contributed by atoms with Gasteiger partial charge in [0, 0.05) is 13.0 Å². The zero-order chi connectivity index (χ0) is 16.8. The minimum Gasteiger partial charge on any atom is -0.335 e. The van der Waals surface area contributed by atoms with Gasteiger partial charge >= 0.3 is 0 Å². The van der Waals surface area contributed by atoms with Gasteiger partial charge in [-0.3, -0.25) is 14.5 Å². The Bertz CT molecular complexity index is 685. The summed E-state index contributed by atoms with van der Waals surface area (Å²) in [5, 5.41) is 2.01. The molecule has 2 aromatic rings. The molecule has 2 aromatic carbocycles. The summed E-state index contributed by atoms with van der Waals surface area (Å²) in [6, 6.07) is 19.9. The normalized spacial score (nSPS) is 17.5. The van der Waals surface area contributed by atoms with Crippen LogP contribution in [0.5, 0.6) is 0 Å². The molecule has 3 rings (SSSR count). The number of carbonyl (C=O) groups excluding carboxylic acids is 2. The molecule has 1 fully saturated rings. The molecule has 24 heavy (non-hydrogen) atoms. The van der Waals surface area contributed by atoms with Gasteiger partial charge in [0.25, 0.3) is 5.91 Å². The van der Waals surface area contributed by atoms with Crippen molar-refractivity contribution in [2.24, 2.45) is 0 Å². The van der Waals surface area contributed by atoms with Crippen LogP contribution in [0.2, 0.25) is 0 Å². The highest BCUT2D eigenvalue weighted by Gasteiger charge is 2.40. The maximum absolute atomic E-state index is 12.5. The standard InChI is InChI=1S/C20H22N2O2/c23-19-15-18(21-13-11-16-7-3-1-4-8-16)20(24)22(19)14-12-17-9-5-2-6-10-17/h1-10,18,21H,11-15H2/p+1/t18-/m1/s1. The second-order valence-electron chi connectivity index (χ2n) is 6.19. The van der Waals surface area contributed by atoms with Gasteiger partial charge in [-0.25, -0.2) is 0 Å². The Morgan fingerprint density at radius 3 is 2.08 bits per heavy atom. The summed E-state index contributed by atoms with van der Waals surface area (Å²) in [4.78, 5) is 26.0. The summed E-state index contributed by atoms with van der Waals surface area (Å²) < 4.78 is 0. The van der Waals surface area contributed by atoms with E-state index in [1.165, 1.54) is 10.5 Å². The van der Waals surface area contributed by atoms with Gasteiger partial charge in [0.05, 0.1) is 13.0 Å². The van der Waals surface area contributed by atoms with E-state index in [-0.39, 0.29) is 17.9 Å². The fourth-order valence-corrected chi connectivity index (χ4v) is 3.11. The maximum Gasteiger partial charge on any atom is 0.287 e. The number of likely N-dealkylation sites (tertiary alicyclic amines) is 1. The number of amides is 2. The zero-order valence-corrected chi connectivity index (χ0v) is 13.7. The smallest absolute Gasteiger partial charge is 0.287 e. The fraction of sp³-hybridized carbons (Fsp3) is 0.300. The lowest BCUT2D eigenvalue weighted by Crippen LogP contribution is -2.92. The third-order valence-corrected chi connectivity index (χ3v) is 4.47. The van der Waals surface area contributed by atoms with Crippen molar-refractivity contribution in [1.82, 2.24) is 4.90 Å². The van der Waals surface area contributed by atoms with Crippen LogP contribution in [-0.4, -0.2) is 35.8 Å². The molecule has 4 heteroatoms. The van der Waals surface area contributed by atoms with Crippen LogP contribution >= 0.6 is 0 Å². The van der Waals surface area contributed by atoms with Gasteiger partial charge in [-0.1, -0.05) is 60.7 Å². The van der Waals surface area contributed by atoms with Crippen molar-refractivity contribution in [3.63, 3.8) is 0 Å². The Hall–Kier alpha value is -2.46. The van der Waals surface area contributed by atoms with Crippen LogP contribution in [-0.2, 0) is 22.4 Å². The van der Waals surface area contributed by atoms with Gasteiger partial charge in [-0.15, -0.1) is 0 Å². The van der Waals surface area contributed by atoms with Crippen LogP contribution in [0.1, 0.15) is 17.5 Å². The number of nitrogens with zero attached hydrogens (tertiary/aromatic N) is 1. The second-order valence-corrected chi connectivity index (χ2v) is 6.19. The van der Waals surface area contributed by atoms with Crippen molar-refractivity contribution in [3.05, 3.63) is 71.8 Å². The average molecular weight is 323 g/mol. The van der Waals surface area contributed by atoms with E-state index in [9.17, 15) is 9.59 Å². The van der Waals surface area contributed by atoms with Gasteiger partial charge in [-0.2, -0.15) is 0 Å². The number of benzene rings is 2. The van der Waals surface area contributed by atoms with Crippen LogP contribution in [0.15, 0.2) is 60.7 Å². The molecule has 2 N–H and O–H groups in total. The molecule has 0 aromatic heterocycles. The van der Waals surface area contributed by atoms with E-state index in [1.807, 2.05) is 53.8 Å². The largest absolute Gasteiger partial charge is 0.335 e. The molecule has 124 valence electrons. The number of hydrogen-bond donors (Lipinski definition) is 1. The summed E-state index contributed by atoms with van der Waals surface area (Å²) in [6.45, 7) is 1.30. The number of imide groups is 1. The molecular weight excluding hydrogens is 300 g/mol. The molecular formula is C20H23N2O2+. The topological polar surface area (TPSA) is 54.0 Å². The second kappa shape index (κ2) is 7.88. The van der Waals surface area contributed by atoms with Crippen LogP contribution in [0.3, 0.4) is 0 Å². The van der Waals surface area contributed by atoms with Gasteiger partial charge in [0.1, 0.15) is 0 Å². The predicted molar refractivity (Wildman–Crippen MR) is 92.2 cm³/mol. The lowest BCUT2D eigenvalue weighted by Gasteiger charge is -2.14. The van der Waals surface area contributed by atoms with Gasteiger partial charge in [0.15, 0.2) is 6.04 Å². The first-order valence-corrected chi connectivity index (χ1v) is 8.49. The zero-order valence-electron chi connectivity index (χ0n) is 13.7. The van der Waals surface area contributed by atoms with E-state index in [1.54, 1.807) is 0 Å². The molecule has 1 atom stereocenters. The van der Waals surface area contributed by atoms with Gasteiger partial charge in [0.2, 0.25) is 5.91 Å². The average Bonchev–Trinajstić information content (AvgIpc) is 2.89. The Morgan fingerprint density at radius 1 is 0.875 bits per heavy atom. The van der Waals surface area contributed by atoms with Gasteiger partial charge in [-0.05, 0) is 17.5 Å². The quantitative estimate of drug-likeness (QED) is 0.778. The molecule has 1 saturated heterocycles. The van der Waals surface area contributed by atoms with Crippen molar-refractivity contribution in [3.8, 4) is 0 Å². The lowest BCUT2D eigenvalue weighted by molar-refractivity contribution is -0.674. The summed E-state index contributed by atoms with van der Waals surface area (Å²) in [7, 11) is 0. The monoisotopic (exact) mass is 323 g/mol. The van der Waals surface area contributed by atoms with E-state index >= 15 is 0 Å². The highest BCUT2D eigenvalue weighted by Crippen LogP contribution is 2.12. The summed E-state index contributed by atoms with van der Waals surface area (Å²) in [6.07, 6.45) is 1.94. The Morgan fingerprint density at radius 2 is 1.46 bits per heavy atom. The molecule has 0 bridgehead atoms. The lowest BCUT2D eigenvalue weighted by atomic mass is 10.1. The number of nitrogens with two attached hydrogens (primary N) is 1. The molecule has 0 radical (unpaired) electrons. The van der Waals surface area contributed by atoms with Crippen molar-refractivity contribution in [2.75, 3.05) is 13.1 Å². The van der Waals surface area contributed by atoms with E-state index in [2.05, 4.69) is 12.1 Å². The highest BCUT2D eigenvalue weighted by molar-refractivity contribution is 6.04. The molecule has 2 amide bonds. The van der Waals surface area contributed by atoms with Gasteiger partial charge < -0.3 is 5.32 Å². The summed E-state index contributed by atoms with van der Waals surface area (Å²) in [5.41, 5.74) is 2.40. The molecule has 0 aliphatic carbocycles. The first-order chi connectivity index (χ1) is 11.7. The first-order valence-electron chi connectivity index (χ1n) is 8.49. The molecule has 1 aliphatic rings. The number of rotatable bonds is 7. The number of hydrogen-bond acceptors (Lipinski definition) is 2. The number of carbonyl (C=O) groups is 2. The number of quaternary nitrogens is 1. The van der Waals surface area contributed by atoms with E-state index in [4.69, 9.17) is 0 Å². The summed E-state index contributed by atoms with van der Waals surface area (Å²) in [5.74, 6) is -0.0825. The van der Waals surface area contributed by atoms with Crippen LogP contribution in [0.4, 0.5) is 0 Å². The highest BCUT2D eigenvalue weighted by atomic mass is 16.2. The molecule has 0 unspecified atom stereocenters. The minimum atomic E-state index is -0.253. The Labute approximate surface area is 142 Å². The Balaban J connectivity index is 1.48. The van der Waals surface area contributed by atoms with Crippen molar-refractivity contribution in [2.45, 2.75) is 25.3 Å². The van der Waals surface area contributed by atoms with E-state index in [0.717, 1.165) is 24.9 Å². The Kier molecular flexibility index (Phi) is 5.39. The summed E-state index contributed by atoms with van der Waals surface area (Å²) >= 11 is 0. The third-order valence-electron chi connectivity index (χ3n) is 4.47. The minimum absolute atomic E-state index is 0.0380. The third kappa shape index (κ3) is 4.09. The van der Waals surface area contributed by atoms with Crippen LogP contribution in [0.25, 0.3) is 0 Å². The van der Waals surface area contributed by atoms with Crippen molar-refractivity contribution < 1.29 is 14.9 Å². The molecule has 1 aliphatic heterocycles. The molecule has 0 saturated carbocycles. The fourth-order valence-electron chi connectivity index (χ4n) is 3.11. The first kappa shape index (κ1) is 16.4. The van der Waals surface area contributed by atoms with Crippen LogP contribution in [0, 0.1) is 0 Å². The molecule has 1 heterocycles. The predicted octanol–water partition coefficient (Wildman–Crippen LogP) is 1.16. The molecule has 4 nitrogen and oxygen atoms in total. The molecule has 0 spiro atoms.